The molecule has 1 aromatic heterocycles. The van der Waals surface area contributed by atoms with Crippen molar-refractivity contribution in [2.24, 2.45) is 0 Å². The van der Waals surface area contributed by atoms with E-state index in [-0.39, 0.29) is 24.6 Å². The molecule has 3 amide bonds. The minimum atomic E-state index is -0.430. The summed E-state index contributed by atoms with van der Waals surface area (Å²) in [4.78, 5) is 46.6. The molecule has 1 N–H and O–H groups in total. The normalized spacial score (nSPS) is 20.2. The highest BCUT2D eigenvalue weighted by Crippen LogP contribution is 2.29. The zero-order valence-electron chi connectivity index (χ0n) is 17.5. The number of carbonyl (C=O) groups excluding carboxylic acids is 3. The summed E-state index contributed by atoms with van der Waals surface area (Å²) in [5.74, 6) is 0.505. The van der Waals surface area contributed by atoms with Crippen molar-refractivity contribution in [3.05, 3.63) is 54.4 Å². The first-order valence-corrected chi connectivity index (χ1v) is 11.2. The second kappa shape index (κ2) is 9.82. The predicted molar refractivity (Wildman–Crippen MR) is 120 cm³/mol. The first-order chi connectivity index (χ1) is 15.5. The number of nitrogens with zero attached hydrogens (tertiary/aromatic N) is 4. The van der Waals surface area contributed by atoms with Crippen LogP contribution in [0.4, 0.5) is 10.5 Å². The second-order valence-corrected chi connectivity index (χ2v) is 8.47. The zero-order chi connectivity index (χ0) is 22.5. The van der Waals surface area contributed by atoms with Gasteiger partial charge in [0.2, 0.25) is 12.3 Å². The Kier molecular flexibility index (Phi) is 6.69. The molecule has 2 aromatic rings. The van der Waals surface area contributed by atoms with Gasteiger partial charge < -0.3 is 15.0 Å². The molecule has 9 nitrogen and oxygen atoms in total. The summed E-state index contributed by atoms with van der Waals surface area (Å²) in [7, 11) is 0. The molecule has 4 rings (SSSR count). The molecule has 166 valence electrons. The van der Waals surface area contributed by atoms with Crippen LogP contribution in [-0.2, 0) is 14.3 Å². The number of amides is 3. The monoisotopic (exact) mass is 453 g/mol. The average Bonchev–Trinajstić information content (AvgIpc) is 3.40. The Morgan fingerprint density at radius 3 is 2.72 bits per heavy atom. The van der Waals surface area contributed by atoms with Crippen LogP contribution in [0.25, 0.3) is 5.57 Å². The number of ether oxygens (including phenoxy) is 1. The molecule has 2 aliphatic rings. The van der Waals surface area contributed by atoms with Crippen LogP contribution in [0.1, 0.15) is 12.5 Å². The van der Waals surface area contributed by atoms with Crippen LogP contribution in [0.15, 0.2) is 54.0 Å². The van der Waals surface area contributed by atoms with E-state index in [1.807, 2.05) is 24.3 Å². The van der Waals surface area contributed by atoms with E-state index in [4.69, 9.17) is 4.74 Å². The molecule has 3 heterocycles. The van der Waals surface area contributed by atoms with Gasteiger partial charge in [-0.25, -0.2) is 14.8 Å². The molecular formula is C22H23N5O4S. The zero-order valence-corrected chi connectivity index (χ0v) is 18.3. The van der Waals surface area contributed by atoms with Crippen LogP contribution in [-0.4, -0.2) is 70.8 Å². The van der Waals surface area contributed by atoms with Crippen molar-refractivity contribution in [2.45, 2.75) is 24.2 Å². The van der Waals surface area contributed by atoms with Gasteiger partial charge in [-0.2, -0.15) is 0 Å². The number of cyclic esters (lactones) is 1. The van der Waals surface area contributed by atoms with E-state index in [0.29, 0.717) is 24.0 Å². The quantitative estimate of drug-likeness (QED) is 0.370. The van der Waals surface area contributed by atoms with Gasteiger partial charge in [0, 0.05) is 37.3 Å². The molecule has 1 unspecified atom stereocenters. The lowest BCUT2D eigenvalue weighted by Gasteiger charge is -2.18. The summed E-state index contributed by atoms with van der Waals surface area (Å²) in [5.41, 5.74) is 2.77. The fourth-order valence-corrected chi connectivity index (χ4v) is 4.49. The average molecular weight is 454 g/mol. The summed E-state index contributed by atoms with van der Waals surface area (Å²) < 4.78 is 5.32. The molecule has 0 bridgehead atoms. The Bertz CT molecular complexity index is 1010. The van der Waals surface area contributed by atoms with Crippen molar-refractivity contribution in [1.29, 1.82) is 0 Å². The Morgan fingerprint density at radius 2 is 2.03 bits per heavy atom. The van der Waals surface area contributed by atoms with Gasteiger partial charge in [0.05, 0.1) is 19.1 Å². The largest absolute Gasteiger partial charge is 0.442 e. The van der Waals surface area contributed by atoms with E-state index < -0.39 is 6.09 Å². The summed E-state index contributed by atoms with van der Waals surface area (Å²) >= 11 is 1.51. The van der Waals surface area contributed by atoms with Crippen LogP contribution < -0.4 is 10.2 Å². The lowest BCUT2D eigenvalue weighted by Crippen LogP contribution is -2.33. The van der Waals surface area contributed by atoms with Gasteiger partial charge in [0.1, 0.15) is 6.10 Å². The highest BCUT2D eigenvalue weighted by atomic mass is 32.2. The van der Waals surface area contributed by atoms with Gasteiger partial charge >= 0.3 is 6.09 Å². The van der Waals surface area contributed by atoms with Gasteiger partial charge in [-0.15, -0.1) is 0 Å². The van der Waals surface area contributed by atoms with Gasteiger partial charge in [0.15, 0.2) is 5.16 Å². The third-order valence-electron chi connectivity index (χ3n) is 5.24. The summed E-state index contributed by atoms with van der Waals surface area (Å²) in [6, 6.07) is 9.33. The molecule has 0 aliphatic carbocycles. The number of carbonyl (C=O) groups is 3. The van der Waals surface area contributed by atoms with Crippen molar-refractivity contribution < 1.29 is 19.1 Å². The summed E-state index contributed by atoms with van der Waals surface area (Å²) in [5, 5.41) is 3.35. The third-order valence-corrected chi connectivity index (χ3v) is 6.21. The molecule has 1 fully saturated rings. The van der Waals surface area contributed by atoms with Crippen LogP contribution in [0.2, 0.25) is 0 Å². The number of rotatable bonds is 8. The maximum Gasteiger partial charge on any atom is 0.414 e. The van der Waals surface area contributed by atoms with Crippen molar-refractivity contribution in [3.63, 3.8) is 0 Å². The van der Waals surface area contributed by atoms with Crippen LogP contribution in [0.5, 0.6) is 0 Å². The fourth-order valence-electron chi connectivity index (χ4n) is 3.61. The van der Waals surface area contributed by atoms with E-state index in [0.717, 1.165) is 23.2 Å². The van der Waals surface area contributed by atoms with Crippen LogP contribution in [0, 0.1) is 0 Å². The standard InChI is InChI=1S/C22H23N5O4S/c1-15(29)25-10-20-12-27(22(30)31-20)18-5-3-16(4-6-18)17-9-19(26(11-17)14-28)13-32-21-23-7-2-8-24-21/h2-9,14,19-20H,10-13H2,1H3,(H,25,29)/t19?,20-/m0/s1. The Hall–Kier alpha value is -3.40. The number of nitrogens with one attached hydrogen (secondary N) is 1. The first kappa shape index (κ1) is 21.8. The maximum absolute atomic E-state index is 12.2. The summed E-state index contributed by atoms with van der Waals surface area (Å²) in [6.07, 6.45) is 5.54. The van der Waals surface area contributed by atoms with E-state index in [2.05, 4.69) is 21.4 Å². The Balaban J connectivity index is 1.40. The predicted octanol–water partition coefficient (Wildman–Crippen LogP) is 1.95. The van der Waals surface area contributed by atoms with Crippen molar-refractivity contribution in [3.8, 4) is 0 Å². The number of aromatic nitrogens is 2. The van der Waals surface area contributed by atoms with Gasteiger partial charge in [-0.1, -0.05) is 30.0 Å². The highest BCUT2D eigenvalue weighted by Gasteiger charge is 2.32. The maximum atomic E-state index is 12.2. The van der Waals surface area contributed by atoms with Crippen molar-refractivity contribution in [1.82, 2.24) is 20.2 Å². The Labute approximate surface area is 189 Å². The molecule has 1 saturated heterocycles. The molecule has 0 radical (unpaired) electrons. The molecule has 10 heteroatoms. The van der Waals surface area contributed by atoms with Gasteiger partial charge in [0.25, 0.3) is 0 Å². The van der Waals surface area contributed by atoms with Crippen molar-refractivity contribution in [2.75, 3.05) is 30.3 Å². The van der Waals surface area contributed by atoms with E-state index in [1.54, 1.807) is 28.3 Å². The smallest absolute Gasteiger partial charge is 0.414 e. The molecule has 0 spiro atoms. The van der Waals surface area contributed by atoms with E-state index >= 15 is 0 Å². The topological polar surface area (TPSA) is 105 Å². The number of hydrogen-bond donors (Lipinski definition) is 1. The summed E-state index contributed by atoms with van der Waals surface area (Å²) in [6.45, 7) is 2.61. The number of hydrogen-bond acceptors (Lipinski definition) is 7. The van der Waals surface area contributed by atoms with E-state index in [9.17, 15) is 14.4 Å². The molecule has 32 heavy (non-hydrogen) atoms. The lowest BCUT2D eigenvalue weighted by atomic mass is 10.1. The highest BCUT2D eigenvalue weighted by molar-refractivity contribution is 7.99. The van der Waals surface area contributed by atoms with Crippen molar-refractivity contribution >= 4 is 41.4 Å². The number of anilines is 1. The van der Waals surface area contributed by atoms with E-state index in [1.165, 1.54) is 18.7 Å². The molecule has 1 aromatic carbocycles. The molecular weight excluding hydrogens is 430 g/mol. The second-order valence-electron chi connectivity index (χ2n) is 7.48. The number of benzene rings is 1. The SMILES string of the molecule is CC(=O)NC[C@H]1CN(c2ccc(C3=CC(CSc4ncccn4)N(C=O)C3)cc2)C(=O)O1. The lowest BCUT2D eigenvalue weighted by molar-refractivity contribution is -0.119. The fraction of sp³-hybridized carbons (Fsp3) is 0.318. The Morgan fingerprint density at radius 1 is 1.28 bits per heavy atom. The third kappa shape index (κ3) is 5.08. The minimum Gasteiger partial charge on any atom is -0.442 e. The van der Waals surface area contributed by atoms with Gasteiger partial charge in [-0.05, 0) is 29.3 Å². The van der Waals surface area contributed by atoms with Crippen LogP contribution >= 0.6 is 11.8 Å². The minimum absolute atomic E-state index is 0.0425. The van der Waals surface area contributed by atoms with Gasteiger partial charge in [-0.3, -0.25) is 14.5 Å². The molecule has 0 saturated carbocycles. The molecule has 2 atom stereocenters. The number of thioether (sulfide) groups is 1. The molecule has 2 aliphatic heterocycles. The first-order valence-electron chi connectivity index (χ1n) is 10.2. The van der Waals surface area contributed by atoms with Crippen LogP contribution in [0.3, 0.4) is 0 Å².